The zero-order chi connectivity index (χ0) is 11.8. The quantitative estimate of drug-likeness (QED) is 0.481. The van der Waals surface area contributed by atoms with Crippen molar-refractivity contribution in [2.24, 2.45) is 5.92 Å². The summed E-state index contributed by atoms with van der Waals surface area (Å²) >= 11 is 8.48. The Hall–Kier alpha value is -0.140. The lowest BCUT2D eigenvalue weighted by Gasteiger charge is -2.18. The highest BCUT2D eigenvalue weighted by Gasteiger charge is 2.15. The SMILES string of the molecule is CCSCCCC(C)C(Cl)c1ccccc1. The maximum atomic E-state index is 6.46. The van der Waals surface area contributed by atoms with Crippen molar-refractivity contribution in [3.8, 4) is 0 Å². The van der Waals surface area contributed by atoms with Crippen molar-refractivity contribution in [3.63, 3.8) is 0 Å². The van der Waals surface area contributed by atoms with Crippen LogP contribution in [-0.2, 0) is 0 Å². The fourth-order valence-corrected chi connectivity index (χ4v) is 2.69. The zero-order valence-electron chi connectivity index (χ0n) is 10.2. The van der Waals surface area contributed by atoms with E-state index in [-0.39, 0.29) is 5.38 Å². The Morgan fingerprint density at radius 3 is 2.56 bits per heavy atom. The molecule has 0 saturated heterocycles. The minimum absolute atomic E-state index is 0.160. The van der Waals surface area contributed by atoms with Crippen LogP contribution in [0, 0.1) is 5.92 Å². The van der Waals surface area contributed by atoms with Gasteiger partial charge in [-0.15, -0.1) is 11.6 Å². The molecule has 2 heteroatoms. The number of alkyl halides is 1. The number of thioether (sulfide) groups is 1. The number of benzene rings is 1. The monoisotopic (exact) mass is 256 g/mol. The third-order valence-corrected chi connectivity index (χ3v) is 4.44. The second-order valence-corrected chi connectivity index (χ2v) is 5.99. The Morgan fingerprint density at radius 2 is 1.94 bits per heavy atom. The van der Waals surface area contributed by atoms with Crippen molar-refractivity contribution in [1.29, 1.82) is 0 Å². The topological polar surface area (TPSA) is 0 Å². The molecule has 0 heterocycles. The number of hydrogen-bond acceptors (Lipinski definition) is 1. The highest BCUT2D eigenvalue weighted by Crippen LogP contribution is 2.31. The Morgan fingerprint density at radius 1 is 1.25 bits per heavy atom. The van der Waals surface area contributed by atoms with E-state index < -0.39 is 0 Å². The summed E-state index contributed by atoms with van der Waals surface area (Å²) in [6.45, 7) is 4.46. The molecule has 90 valence electrons. The molecule has 0 aliphatic carbocycles. The Balaban J connectivity index is 2.33. The average molecular weight is 257 g/mol. The van der Waals surface area contributed by atoms with Crippen LogP contribution in [0.2, 0.25) is 0 Å². The molecule has 0 aliphatic heterocycles. The van der Waals surface area contributed by atoms with Crippen LogP contribution in [0.4, 0.5) is 0 Å². The lowest BCUT2D eigenvalue weighted by Crippen LogP contribution is -2.04. The van der Waals surface area contributed by atoms with Crippen LogP contribution in [0.1, 0.15) is 37.6 Å². The first-order valence-corrected chi connectivity index (χ1v) is 7.61. The average Bonchev–Trinajstić information content (AvgIpc) is 2.34. The van der Waals surface area contributed by atoms with Crippen molar-refractivity contribution >= 4 is 23.4 Å². The summed E-state index contributed by atoms with van der Waals surface area (Å²) in [5.74, 6) is 3.04. The van der Waals surface area contributed by atoms with Crippen molar-refractivity contribution in [2.45, 2.75) is 32.1 Å². The maximum absolute atomic E-state index is 6.46. The highest BCUT2D eigenvalue weighted by atomic mass is 35.5. The van der Waals surface area contributed by atoms with Gasteiger partial charge in [-0.1, -0.05) is 44.2 Å². The van der Waals surface area contributed by atoms with E-state index in [1.54, 1.807) is 0 Å². The summed E-state index contributed by atoms with van der Waals surface area (Å²) < 4.78 is 0. The van der Waals surface area contributed by atoms with Crippen LogP contribution in [-0.4, -0.2) is 11.5 Å². The second kappa shape index (κ2) is 8.03. The first-order valence-electron chi connectivity index (χ1n) is 6.02. The molecule has 1 aromatic rings. The van der Waals surface area contributed by atoms with Gasteiger partial charge in [0.2, 0.25) is 0 Å². The summed E-state index contributed by atoms with van der Waals surface area (Å²) in [5, 5.41) is 0.160. The smallest absolute Gasteiger partial charge is 0.0610 e. The molecule has 0 amide bonds. The van der Waals surface area contributed by atoms with Gasteiger partial charge in [-0.2, -0.15) is 11.8 Å². The Labute approximate surface area is 109 Å². The molecule has 0 aliphatic rings. The summed E-state index contributed by atoms with van der Waals surface area (Å²) in [5.41, 5.74) is 1.25. The van der Waals surface area contributed by atoms with E-state index in [2.05, 4.69) is 38.1 Å². The van der Waals surface area contributed by atoms with Gasteiger partial charge in [0.1, 0.15) is 0 Å². The molecule has 0 fully saturated rings. The molecule has 2 atom stereocenters. The largest absolute Gasteiger partial charge is 0.162 e. The van der Waals surface area contributed by atoms with E-state index >= 15 is 0 Å². The van der Waals surface area contributed by atoms with Gasteiger partial charge in [0.05, 0.1) is 5.38 Å². The van der Waals surface area contributed by atoms with E-state index in [0.717, 1.165) is 0 Å². The molecule has 0 N–H and O–H groups in total. The Kier molecular flexibility index (Phi) is 6.98. The molecule has 0 saturated carbocycles. The number of rotatable bonds is 7. The zero-order valence-corrected chi connectivity index (χ0v) is 11.7. The standard InChI is InChI=1S/C14H21ClS/c1-3-16-11-7-8-12(2)14(15)13-9-5-4-6-10-13/h4-6,9-10,12,14H,3,7-8,11H2,1-2H3. The van der Waals surface area contributed by atoms with Crippen LogP contribution in [0.3, 0.4) is 0 Å². The fraction of sp³-hybridized carbons (Fsp3) is 0.571. The van der Waals surface area contributed by atoms with Gasteiger partial charge in [0.15, 0.2) is 0 Å². The van der Waals surface area contributed by atoms with Crippen LogP contribution in [0.5, 0.6) is 0 Å². The van der Waals surface area contributed by atoms with Gasteiger partial charge in [-0.3, -0.25) is 0 Å². The van der Waals surface area contributed by atoms with E-state index in [0.29, 0.717) is 5.92 Å². The Bertz CT molecular complexity index is 273. The predicted octanol–water partition coefficient (Wildman–Crippen LogP) is 5.14. The summed E-state index contributed by atoms with van der Waals surface area (Å²) in [6.07, 6.45) is 2.49. The highest BCUT2D eigenvalue weighted by molar-refractivity contribution is 7.99. The minimum atomic E-state index is 0.160. The lowest BCUT2D eigenvalue weighted by atomic mass is 9.96. The third kappa shape index (κ3) is 4.80. The molecule has 0 radical (unpaired) electrons. The van der Waals surface area contributed by atoms with E-state index in [1.165, 1.54) is 29.9 Å². The molecule has 16 heavy (non-hydrogen) atoms. The molecule has 0 aromatic heterocycles. The van der Waals surface area contributed by atoms with E-state index in [9.17, 15) is 0 Å². The second-order valence-electron chi connectivity index (χ2n) is 4.13. The minimum Gasteiger partial charge on any atom is -0.162 e. The summed E-state index contributed by atoms with van der Waals surface area (Å²) in [7, 11) is 0. The van der Waals surface area contributed by atoms with E-state index in [4.69, 9.17) is 11.6 Å². The lowest BCUT2D eigenvalue weighted by molar-refractivity contribution is 0.510. The third-order valence-electron chi connectivity index (χ3n) is 2.77. The summed E-state index contributed by atoms with van der Waals surface area (Å²) in [6, 6.07) is 10.4. The van der Waals surface area contributed by atoms with Crippen molar-refractivity contribution in [1.82, 2.24) is 0 Å². The molecular formula is C14H21ClS. The molecule has 0 nitrogen and oxygen atoms in total. The molecule has 2 unspecified atom stereocenters. The van der Waals surface area contributed by atoms with Crippen LogP contribution >= 0.6 is 23.4 Å². The van der Waals surface area contributed by atoms with Gasteiger partial charge in [0, 0.05) is 0 Å². The summed E-state index contributed by atoms with van der Waals surface area (Å²) in [4.78, 5) is 0. The maximum Gasteiger partial charge on any atom is 0.0610 e. The first kappa shape index (κ1) is 13.9. The van der Waals surface area contributed by atoms with E-state index in [1.807, 2.05) is 17.8 Å². The van der Waals surface area contributed by atoms with Gasteiger partial charge < -0.3 is 0 Å². The van der Waals surface area contributed by atoms with Crippen molar-refractivity contribution in [3.05, 3.63) is 35.9 Å². The van der Waals surface area contributed by atoms with Gasteiger partial charge in [-0.25, -0.2) is 0 Å². The molecule has 0 spiro atoms. The fourth-order valence-electron chi connectivity index (χ4n) is 1.76. The van der Waals surface area contributed by atoms with Crippen molar-refractivity contribution < 1.29 is 0 Å². The molecule has 1 aromatic carbocycles. The van der Waals surface area contributed by atoms with Gasteiger partial charge in [-0.05, 0) is 35.8 Å². The van der Waals surface area contributed by atoms with Crippen molar-refractivity contribution in [2.75, 3.05) is 11.5 Å². The predicted molar refractivity (Wildman–Crippen MR) is 76.4 cm³/mol. The van der Waals surface area contributed by atoms with Crippen LogP contribution < -0.4 is 0 Å². The number of hydrogen-bond donors (Lipinski definition) is 0. The number of halogens is 1. The molecule has 1 rings (SSSR count). The molecular weight excluding hydrogens is 236 g/mol. The van der Waals surface area contributed by atoms with Gasteiger partial charge in [0.25, 0.3) is 0 Å². The normalized spacial score (nSPS) is 14.7. The molecule has 0 bridgehead atoms. The van der Waals surface area contributed by atoms with Crippen LogP contribution in [0.15, 0.2) is 30.3 Å². The van der Waals surface area contributed by atoms with Crippen LogP contribution in [0.25, 0.3) is 0 Å². The first-order chi connectivity index (χ1) is 7.75. The van der Waals surface area contributed by atoms with Gasteiger partial charge >= 0.3 is 0 Å².